The van der Waals surface area contributed by atoms with Crippen LogP contribution in [0.5, 0.6) is 0 Å². The molecule has 0 rings (SSSR count). The Labute approximate surface area is 51.4 Å². The minimum atomic E-state index is 0. The monoisotopic (exact) mass is 86.0 g/mol. The molecule has 5 heteroatoms. The molecule has 26 valence electrons. The van der Waals surface area contributed by atoms with E-state index in [2.05, 4.69) is 0 Å². The quantitative estimate of drug-likeness (QED) is 0.199. The molecule has 0 aliphatic rings. The zero-order valence-electron chi connectivity index (χ0n) is 2.97. The first-order chi connectivity index (χ1) is 1.41. The zero-order valence-corrected chi connectivity index (χ0v) is 4.97. The third-order valence-corrected chi connectivity index (χ3v) is 0. The van der Waals surface area contributed by atoms with Crippen LogP contribution in [0.4, 0.5) is 0 Å². The molecule has 0 saturated heterocycles. The van der Waals surface area contributed by atoms with Crippen molar-refractivity contribution in [1.82, 2.24) is 6.15 Å². The minimum absolute atomic E-state index is 0. The summed E-state index contributed by atoms with van der Waals surface area (Å²) in [6.07, 6.45) is 0. The van der Waals surface area contributed by atoms with Crippen LogP contribution in [-0.2, 0) is 0 Å². The fourth-order valence-corrected chi connectivity index (χ4v) is 0. The molecule has 0 aromatic heterocycles. The Balaban J connectivity index is -0.0000000200. The van der Waals surface area contributed by atoms with Gasteiger partial charge in [0.15, 0.2) is 0 Å². The van der Waals surface area contributed by atoms with Crippen LogP contribution in [0.1, 0.15) is 0 Å². The van der Waals surface area contributed by atoms with Crippen LogP contribution in [0.15, 0.2) is 5.34 Å². The van der Waals surface area contributed by atoms with Gasteiger partial charge < -0.3 is 16.3 Å². The summed E-state index contributed by atoms with van der Waals surface area (Å²) in [5, 5.41) is 9.00. The molecule has 0 atom stereocenters. The van der Waals surface area contributed by atoms with Gasteiger partial charge in [0.25, 0.3) is 0 Å². The zero-order chi connectivity index (χ0) is 2.71. The molecule has 0 heterocycles. The maximum atomic E-state index is 8.00. The molecular weight excluding hydrogens is 83.0 g/mol. The Morgan fingerprint density at radius 2 is 1.60 bits per heavy atom. The van der Waals surface area contributed by atoms with Gasteiger partial charge in [-0.25, -0.2) is 0 Å². The Morgan fingerprint density at radius 3 is 1.60 bits per heavy atom. The second-order valence-electron chi connectivity index (χ2n) is 0.0745. The molecule has 3 N–H and O–H groups in total. The Kier molecular flexibility index (Phi) is 97.4. The Hall–Kier alpha value is 0.360. The molecule has 0 aromatic rings. The predicted molar refractivity (Wildman–Crippen MR) is 14.2 cm³/mol. The molecule has 0 radical (unpaired) electrons. The van der Waals surface area contributed by atoms with Gasteiger partial charge in [-0.2, -0.15) is 0 Å². The summed E-state index contributed by atoms with van der Waals surface area (Å²) < 4.78 is 0. The third-order valence-electron chi connectivity index (χ3n) is 0. The molecule has 5 heavy (non-hydrogen) atoms. The maximum Gasteiger partial charge on any atom is 1.00 e. The van der Waals surface area contributed by atoms with E-state index >= 15 is 0 Å². The minimum Gasteiger partial charge on any atom is -0.444 e. The Morgan fingerprint density at radius 1 is 1.60 bits per heavy atom. The van der Waals surface area contributed by atoms with Gasteiger partial charge in [0.1, 0.15) is 0 Å². The molecule has 0 aliphatic heterocycles. The number of rotatable bonds is 0. The van der Waals surface area contributed by atoms with Crippen molar-refractivity contribution in [2.45, 2.75) is 0 Å². The van der Waals surface area contributed by atoms with Gasteiger partial charge in [0, 0.05) is 0 Å². The van der Waals surface area contributed by atoms with Crippen LogP contribution in [-0.4, -0.2) is 0 Å². The van der Waals surface area contributed by atoms with Crippen LogP contribution in [0.3, 0.4) is 0 Å². The molecule has 0 unspecified atom stereocenters. The van der Waals surface area contributed by atoms with E-state index in [0.717, 1.165) is 5.34 Å². The molecule has 0 bridgehead atoms. The summed E-state index contributed by atoms with van der Waals surface area (Å²) in [4.78, 5) is 8.00. The van der Waals surface area contributed by atoms with Crippen LogP contribution in [0, 0.1) is 10.1 Å². The molecule has 4 nitrogen and oxygen atoms in total. The van der Waals surface area contributed by atoms with Gasteiger partial charge >= 0.3 is 29.6 Å². The van der Waals surface area contributed by atoms with Crippen LogP contribution < -0.4 is 35.7 Å². The van der Waals surface area contributed by atoms with Gasteiger partial charge in [-0.05, 0) is 0 Å². The summed E-state index contributed by atoms with van der Waals surface area (Å²) in [5.41, 5.74) is 0. The molecule has 0 spiro atoms. The summed E-state index contributed by atoms with van der Waals surface area (Å²) >= 11 is 0. The molecule has 0 aromatic carbocycles. The van der Waals surface area contributed by atoms with Gasteiger partial charge in [-0.15, -0.1) is 5.34 Å². The number of nitrogens with zero attached hydrogens (tertiary/aromatic N) is 1. The van der Waals surface area contributed by atoms with Crippen LogP contribution in [0.2, 0.25) is 0 Å². The van der Waals surface area contributed by atoms with E-state index in [1.54, 1.807) is 0 Å². The van der Waals surface area contributed by atoms with Gasteiger partial charge in [-0.3, -0.25) is 0 Å². The fraction of sp³-hybridized carbons (Fsp3) is 0. The fourth-order valence-electron chi connectivity index (χ4n) is 0. The summed E-state index contributed by atoms with van der Waals surface area (Å²) in [6, 6.07) is 0. The summed E-state index contributed by atoms with van der Waals surface area (Å²) in [5.74, 6) is 0. The second-order valence-corrected chi connectivity index (χ2v) is 0.0745. The van der Waals surface area contributed by atoms with E-state index in [-0.39, 0.29) is 35.7 Å². The topological polar surface area (TPSA) is 87.5 Å². The van der Waals surface area contributed by atoms with E-state index < -0.39 is 0 Å². The first kappa shape index (κ1) is 18.3. The van der Waals surface area contributed by atoms with Gasteiger partial charge in [0.2, 0.25) is 0 Å². The van der Waals surface area contributed by atoms with Crippen LogP contribution in [0.25, 0.3) is 0 Å². The van der Waals surface area contributed by atoms with Crippen LogP contribution >= 0.6 is 0 Å². The molecule has 0 amide bonds. The molecule has 0 aliphatic carbocycles. The van der Waals surface area contributed by atoms with Crippen molar-refractivity contribution in [1.29, 1.82) is 0 Å². The SMILES string of the molecule is N.O=N[O-].[Na+]. The van der Waals surface area contributed by atoms with Crippen molar-refractivity contribution in [2.24, 2.45) is 5.34 Å². The van der Waals surface area contributed by atoms with Crippen molar-refractivity contribution in [3.63, 3.8) is 0 Å². The number of hydrogen-bond donors (Lipinski definition) is 1. The number of hydrogen-bond acceptors (Lipinski definition) is 4. The van der Waals surface area contributed by atoms with E-state index in [4.69, 9.17) is 10.1 Å². The van der Waals surface area contributed by atoms with E-state index in [1.165, 1.54) is 0 Å². The summed E-state index contributed by atoms with van der Waals surface area (Å²) in [7, 11) is 0. The second kappa shape index (κ2) is 26.6. The average Bonchev–Trinajstić information content (AvgIpc) is 0.918. The smallest absolute Gasteiger partial charge is 0.444 e. The standard InChI is InChI=1S/HNO2.H3N.Na/c2-1-3;;/h(H,2,3);1H3;/q;;+1/p-1. The van der Waals surface area contributed by atoms with Crippen molar-refractivity contribution < 1.29 is 29.6 Å². The predicted octanol–water partition coefficient (Wildman–Crippen LogP) is -2.58. The Bertz CT molecular complexity index is 15.1. The first-order valence-corrected chi connectivity index (χ1v) is 0.365. The maximum absolute atomic E-state index is 8.00. The van der Waals surface area contributed by atoms with Crippen molar-refractivity contribution in [3.8, 4) is 0 Å². The van der Waals surface area contributed by atoms with Crippen molar-refractivity contribution in [3.05, 3.63) is 10.1 Å². The average molecular weight is 86.0 g/mol. The summed E-state index contributed by atoms with van der Waals surface area (Å²) in [6.45, 7) is 0. The largest absolute Gasteiger partial charge is 1.00 e. The third kappa shape index (κ3) is 187. The van der Waals surface area contributed by atoms with E-state index in [1.807, 2.05) is 0 Å². The molecule has 0 fully saturated rings. The normalized spacial score (nSPS) is 2.40. The molecular formula is H3N2NaO2. The molecule has 0 saturated carbocycles. The van der Waals surface area contributed by atoms with E-state index in [0.29, 0.717) is 0 Å². The van der Waals surface area contributed by atoms with Gasteiger partial charge in [0.05, 0.1) is 0 Å². The van der Waals surface area contributed by atoms with Crippen molar-refractivity contribution >= 4 is 0 Å². The van der Waals surface area contributed by atoms with Gasteiger partial charge in [-0.1, -0.05) is 0 Å². The van der Waals surface area contributed by atoms with Crippen molar-refractivity contribution in [2.75, 3.05) is 0 Å². The van der Waals surface area contributed by atoms with E-state index in [9.17, 15) is 0 Å². The first-order valence-electron chi connectivity index (χ1n) is 0.365.